The number of ether oxygens (including phenoxy) is 2. The van der Waals surface area contributed by atoms with Gasteiger partial charge in [0.25, 0.3) is 0 Å². The lowest BCUT2D eigenvalue weighted by atomic mass is 9.90. The Morgan fingerprint density at radius 1 is 0.964 bits per heavy atom. The number of hydrogen-bond donors (Lipinski definition) is 1. The van der Waals surface area contributed by atoms with Gasteiger partial charge in [-0.05, 0) is 41.5 Å². The third kappa shape index (κ3) is 3.52. The Morgan fingerprint density at radius 2 is 1.68 bits per heavy atom. The van der Waals surface area contributed by atoms with E-state index in [1.807, 2.05) is 38.1 Å². The Balaban J connectivity index is 0.00000109. The lowest BCUT2D eigenvalue weighted by Gasteiger charge is -2.32. The lowest BCUT2D eigenvalue weighted by molar-refractivity contribution is 0.149. The van der Waals surface area contributed by atoms with Crippen LogP contribution in [0.15, 0.2) is 42.5 Å². The van der Waals surface area contributed by atoms with E-state index < -0.39 is 29.6 Å². The summed E-state index contributed by atoms with van der Waals surface area (Å²) in [5.74, 6) is -1.96. The summed E-state index contributed by atoms with van der Waals surface area (Å²) >= 11 is 0. The van der Waals surface area contributed by atoms with Gasteiger partial charge in [0.05, 0.1) is 13.2 Å². The number of methoxy groups -OCH3 is 1. The summed E-state index contributed by atoms with van der Waals surface area (Å²) in [6.45, 7) is 4.00. The van der Waals surface area contributed by atoms with Crippen LogP contribution in [0.5, 0.6) is 11.5 Å². The van der Waals surface area contributed by atoms with Gasteiger partial charge in [0, 0.05) is 17.2 Å². The van der Waals surface area contributed by atoms with Gasteiger partial charge in [0.15, 0.2) is 11.6 Å². The summed E-state index contributed by atoms with van der Waals surface area (Å²) in [4.78, 5) is 0. The van der Waals surface area contributed by atoms with Crippen molar-refractivity contribution in [2.75, 3.05) is 7.11 Å². The van der Waals surface area contributed by atoms with Gasteiger partial charge in [-0.25, -0.2) is 13.2 Å². The highest BCUT2D eigenvalue weighted by Crippen LogP contribution is 2.40. The second kappa shape index (κ2) is 8.10. The molecule has 3 aromatic carbocycles. The summed E-state index contributed by atoms with van der Waals surface area (Å²) in [6.07, 6.45) is -0.476. The Bertz CT molecular complexity index is 1010. The van der Waals surface area contributed by atoms with E-state index in [-0.39, 0.29) is 5.56 Å². The predicted molar refractivity (Wildman–Crippen MR) is 103 cm³/mol. The normalized spacial score (nSPS) is 18.0. The molecule has 0 amide bonds. The van der Waals surface area contributed by atoms with E-state index in [0.717, 1.165) is 28.2 Å². The number of benzene rings is 3. The molecule has 2 atom stereocenters. The zero-order chi connectivity index (χ0) is 20.4. The zero-order valence-corrected chi connectivity index (χ0v) is 15.9. The molecular formula is C22H22F3NO2. The van der Waals surface area contributed by atoms with Gasteiger partial charge in [0.1, 0.15) is 23.4 Å². The van der Waals surface area contributed by atoms with E-state index in [0.29, 0.717) is 18.2 Å². The maximum atomic E-state index is 14.1. The predicted octanol–water partition coefficient (Wildman–Crippen LogP) is 5.30. The van der Waals surface area contributed by atoms with Gasteiger partial charge < -0.3 is 15.2 Å². The Kier molecular flexibility index (Phi) is 5.79. The van der Waals surface area contributed by atoms with E-state index in [9.17, 15) is 13.2 Å². The highest BCUT2D eigenvalue weighted by molar-refractivity contribution is 5.89. The van der Waals surface area contributed by atoms with E-state index in [1.165, 1.54) is 0 Å². The first kappa shape index (κ1) is 20.0. The molecule has 0 saturated carbocycles. The molecule has 3 aromatic rings. The molecule has 0 spiro atoms. The Hall–Kier alpha value is -2.73. The van der Waals surface area contributed by atoms with Crippen molar-refractivity contribution in [2.24, 2.45) is 5.73 Å². The van der Waals surface area contributed by atoms with Crippen LogP contribution in [0, 0.1) is 17.5 Å². The average Bonchev–Trinajstić information content (AvgIpc) is 2.71. The molecular weight excluding hydrogens is 367 g/mol. The fraction of sp³-hybridized carbons (Fsp3) is 0.273. The third-order valence-corrected chi connectivity index (χ3v) is 4.72. The minimum absolute atomic E-state index is 0.0862. The summed E-state index contributed by atoms with van der Waals surface area (Å²) in [5.41, 5.74) is 7.01. The second-order valence-corrected chi connectivity index (χ2v) is 6.32. The monoisotopic (exact) mass is 389 g/mol. The van der Waals surface area contributed by atoms with Gasteiger partial charge in [-0.3, -0.25) is 0 Å². The van der Waals surface area contributed by atoms with Gasteiger partial charge in [-0.1, -0.05) is 26.0 Å². The average molecular weight is 389 g/mol. The van der Waals surface area contributed by atoms with Crippen molar-refractivity contribution in [2.45, 2.75) is 32.4 Å². The van der Waals surface area contributed by atoms with E-state index in [1.54, 1.807) is 13.2 Å². The number of fused-ring (bicyclic) bond motifs is 3. The number of rotatable bonds is 2. The minimum atomic E-state index is -1.24. The second-order valence-electron chi connectivity index (χ2n) is 6.32. The molecule has 148 valence electrons. The molecule has 0 radical (unpaired) electrons. The molecule has 2 N–H and O–H groups in total. The Morgan fingerprint density at radius 3 is 2.39 bits per heavy atom. The van der Waals surface area contributed by atoms with Crippen molar-refractivity contribution < 1.29 is 22.6 Å². The van der Waals surface area contributed by atoms with Crippen LogP contribution in [0.3, 0.4) is 0 Å². The van der Waals surface area contributed by atoms with E-state index >= 15 is 0 Å². The molecule has 0 aromatic heterocycles. The number of nitrogens with two attached hydrogens (primary N) is 1. The van der Waals surface area contributed by atoms with Crippen LogP contribution >= 0.6 is 0 Å². The van der Waals surface area contributed by atoms with Crippen molar-refractivity contribution in [3.63, 3.8) is 0 Å². The summed E-state index contributed by atoms with van der Waals surface area (Å²) in [7, 11) is 1.60. The molecule has 1 aliphatic heterocycles. The standard InChI is InChI=1S/C20H16F3NO2.C2H6/c1-25-11-3-4-12-10(6-11)2-5-19-13(12)8-18(24)20(26-19)14-7-16(22)17(23)9-15(14)21;1-2/h2-7,9,18,20H,8,24H2,1H3;1-2H3/t18-,20?;/m0./s1. The molecule has 3 nitrogen and oxygen atoms in total. The molecule has 1 unspecified atom stereocenters. The molecule has 0 bridgehead atoms. The van der Waals surface area contributed by atoms with Gasteiger partial charge in [-0.2, -0.15) is 0 Å². The Labute approximate surface area is 161 Å². The molecule has 0 fully saturated rings. The van der Waals surface area contributed by atoms with Gasteiger partial charge in [0.2, 0.25) is 0 Å². The minimum Gasteiger partial charge on any atom is -0.497 e. The van der Waals surface area contributed by atoms with E-state index in [4.69, 9.17) is 15.2 Å². The van der Waals surface area contributed by atoms with Crippen LogP contribution in [-0.2, 0) is 6.42 Å². The molecule has 1 heterocycles. The van der Waals surface area contributed by atoms with Crippen molar-refractivity contribution in [3.05, 3.63) is 71.0 Å². The van der Waals surface area contributed by atoms with Crippen LogP contribution in [0.4, 0.5) is 13.2 Å². The van der Waals surface area contributed by atoms with Crippen molar-refractivity contribution in [3.8, 4) is 11.5 Å². The zero-order valence-electron chi connectivity index (χ0n) is 15.9. The van der Waals surface area contributed by atoms with Crippen molar-refractivity contribution in [1.82, 2.24) is 0 Å². The molecule has 0 aliphatic carbocycles. The third-order valence-electron chi connectivity index (χ3n) is 4.72. The van der Waals surface area contributed by atoms with Gasteiger partial charge in [-0.15, -0.1) is 0 Å². The van der Waals surface area contributed by atoms with Crippen LogP contribution < -0.4 is 15.2 Å². The largest absolute Gasteiger partial charge is 0.497 e. The van der Waals surface area contributed by atoms with Crippen LogP contribution in [0.25, 0.3) is 10.8 Å². The SMILES string of the molecule is CC.COc1ccc2c3c(ccc2c1)OC(c1cc(F)c(F)cc1F)[C@@H](N)C3. The highest BCUT2D eigenvalue weighted by Gasteiger charge is 2.32. The first-order valence-corrected chi connectivity index (χ1v) is 9.14. The van der Waals surface area contributed by atoms with Gasteiger partial charge >= 0.3 is 0 Å². The maximum Gasteiger partial charge on any atom is 0.161 e. The molecule has 6 heteroatoms. The van der Waals surface area contributed by atoms with Crippen molar-refractivity contribution in [1.29, 1.82) is 0 Å². The lowest BCUT2D eigenvalue weighted by Crippen LogP contribution is -2.38. The molecule has 4 rings (SSSR count). The smallest absolute Gasteiger partial charge is 0.161 e. The summed E-state index contributed by atoms with van der Waals surface area (Å²) in [5, 5.41) is 1.93. The first-order valence-electron chi connectivity index (χ1n) is 9.14. The first-order chi connectivity index (χ1) is 13.5. The van der Waals surface area contributed by atoms with E-state index in [2.05, 4.69) is 0 Å². The van der Waals surface area contributed by atoms with Crippen LogP contribution in [0.2, 0.25) is 0 Å². The topological polar surface area (TPSA) is 44.5 Å². The summed E-state index contributed by atoms with van der Waals surface area (Å²) < 4.78 is 52.0. The summed E-state index contributed by atoms with van der Waals surface area (Å²) in [6, 6.07) is 10.0. The molecule has 28 heavy (non-hydrogen) atoms. The van der Waals surface area contributed by atoms with Crippen LogP contribution in [0.1, 0.15) is 31.1 Å². The highest BCUT2D eigenvalue weighted by atomic mass is 19.2. The van der Waals surface area contributed by atoms with Crippen LogP contribution in [-0.4, -0.2) is 13.2 Å². The maximum absolute atomic E-state index is 14.1. The molecule has 0 saturated heterocycles. The fourth-order valence-electron chi connectivity index (χ4n) is 3.42. The molecule has 1 aliphatic rings. The number of hydrogen-bond acceptors (Lipinski definition) is 3. The number of halogens is 3. The quantitative estimate of drug-likeness (QED) is 0.605. The van der Waals surface area contributed by atoms with Crippen molar-refractivity contribution >= 4 is 10.8 Å². The fourth-order valence-corrected chi connectivity index (χ4v) is 3.42.